The van der Waals surface area contributed by atoms with Crippen LogP contribution < -0.4 is 43.0 Å². The summed E-state index contributed by atoms with van der Waals surface area (Å²) in [5.74, 6) is 0. The van der Waals surface area contributed by atoms with Gasteiger partial charge in [0.15, 0.2) is 0 Å². The van der Waals surface area contributed by atoms with E-state index >= 15 is 0 Å². The zero-order valence-corrected chi connectivity index (χ0v) is 18.8. The third-order valence-electron chi connectivity index (χ3n) is 6.04. The summed E-state index contributed by atoms with van der Waals surface area (Å²) in [5, 5.41) is 25.6. The van der Waals surface area contributed by atoms with Gasteiger partial charge in [0.2, 0.25) is 0 Å². The Bertz CT molecular complexity index is 357. The number of hydrogen-bond acceptors (Lipinski definition) is 8. The SMILES string of the molecule is CCCCCCCNC12CNCCNCC(N)(CNCCNC1)CNCCNC2. The van der Waals surface area contributed by atoms with Crippen molar-refractivity contribution in [3.8, 4) is 0 Å². The average Bonchev–Trinajstić information content (AvgIpc) is 2.72. The molecule has 3 heterocycles. The summed E-state index contributed by atoms with van der Waals surface area (Å²) < 4.78 is 0. The van der Waals surface area contributed by atoms with E-state index in [-0.39, 0.29) is 11.1 Å². The fourth-order valence-corrected chi connectivity index (χ4v) is 4.17. The summed E-state index contributed by atoms with van der Waals surface area (Å²) >= 11 is 0. The van der Waals surface area contributed by atoms with E-state index in [9.17, 15) is 0 Å². The fraction of sp³-hybridized carbons (Fsp3) is 1.00. The molecular weight excluding hydrogens is 364 g/mol. The van der Waals surface area contributed by atoms with E-state index in [2.05, 4.69) is 44.1 Å². The summed E-state index contributed by atoms with van der Waals surface area (Å²) in [6, 6.07) is 0. The molecule has 0 saturated carbocycles. The smallest absolute Gasteiger partial charge is 0.0558 e. The van der Waals surface area contributed by atoms with Gasteiger partial charge in [-0.1, -0.05) is 32.6 Å². The molecule has 8 nitrogen and oxygen atoms in total. The molecule has 9 N–H and O–H groups in total. The Morgan fingerprint density at radius 2 is 1.03 bits per heavy atom. The van der Waals surface area contributed by atoms with Gasteiger partial charge in [0.1, 0.15) is 0 Å². The van der Waals surface area contributed by atoms with Crippen molar-refractivity contribution >= 4 is 0 Å². The Balaban J connectivity index is 1.97. The summed E-state index contributed by atoms with van der Waals surface area (Å²) in [6.07, 6.45) is 6.59. The molecule has 3 aliphatic rings. The number of unbranched alkanes of at least 4 members (excludes halogenated alkanes) is 4. The molecule has 0 atom stereocenters. The van der Waals surface area contributed by atoms with E-state index < -0.39 is 0 Å². The molecule has 3 rings (SSSR count). The van der Waals surface area contributed by atoms with Crippen LogP contribution >= 0.6 is 0 Å². The molecule has 0 radical (unpaired) electrons. The van der Waals surface area contributed by atoms with E-state index in [4.69, 9.17) is 5.73 Å². The first-order valence-electron chi connectivity index (χ1n) is 12.0. The van der Waals surface area contributed by atoms with Gasteiger partial charge in [-0.3, -0.25) is 0 Å². The second kappa shape index (κ2) is 14.6. The number of nitrogens with one attached hydrogen (secondary N) is 7. The number of hydrogen-bond donors (Lipinski definition) is 8. The summed E-state index contributed by atoms with van der Waals surface area (Å²) in [4.78, 5) is 0. The Kier molecular flexibility index (Phi) is 12.6. The van der Waals surface area contributed by atoms with Gasteiger partial charge in [-0.25, -0.2) is 0 Å². The first kappa shape index (κ1) is 24.9. The van der Waals surface area contributed by atoms with Crippen LogP contribution in [0.2, 0.25) is 0 Å². The lowest BCUT2D eigenvalue weighted by Crippen LogP contribution is -2.66. The first-order valence-corrected chi connectivity index (χ1v) is 12.0. The Hall–Kier alpha value is -0.320. The molecule has 8 heteroatoms. The molecule has 3 fully saturated rings. The van der Waals surface area contributed by atoms with Crippen LogP contribution in [-0.2, 0) is 0 Å². The van der Waals surface area contributed by atoms with E-state index in [1.54, 1.807) is 0 Å². The van der Waals surface area contributed by atoms with Gasteiger partial charge < -0.3 is 43.0 Å². The quantitative estimate of drug-likeness (QED) is 0.240. The minimum atomic E-state index is -0.267. The minimum Gasteiger partial charge on any atom is -0.322 e. The third-order valence-corrected chi connectivity index (χ3v) is 6.04. The summed E-state index contributed by atoms with van der Waals surface area (Å²) in [6.45, 7) is 14.4. The van der Waals surface area contributed by atoms with Gasteiger partial charge in [-0.15, -0.1) is 0 Å². The highest BCUT2D eigenvalue weighted by molar-refractivity contribution is 4.96. The Morgan fingerprint density at radius 3 is 1.48 bits per heavy atom. The van der Waals surface area contributed by atoms with E-state index in [1.165, 1.54) is 32.1 Å². The molecule has 29 heavy (non-hydrogen) atoms. The fourth-order valence-electron chi connectivity index (χ4n) is 4.17. The van der Waals surface area contributed by atoms with Gasteiger partial charge in [-0.2, -0.15) is 0 Å². The maximum absolute atomic E-state index is 6.66. The predicted octanol–water partition coefficient (Wildman–Crippen LogP) is -1.45. The van der Waals surface area contributed by atoms with E-state index in [0.29, 0.717) is 0 Å². The van der Waals surface area contributed by atoms with Crippen molar-refractivity contribution in [3.05, 3.63) is 0 Å². The minimum absolute atomic E-state index is 0.0244. The van der Waals surface area contributed by atoms with Gasteiger partial charge in [0, 0.05) is 78.5 Å². The highest BCUT2D eigenvalue weighted by Gasteiger charge is 2.29. The van der Waals surface area contributed by atoms with Crippen LogP contribution in [0.4, 0.5) is 0 Å². The van der Waals surface area contributed by atoms with Crippen LogP contribution in [0.25, 0.3) is 0 Å². The molecule has 2 bridgehead atoms. The van der Waals surface area contributed by atoms with Gasteiger partial charge in [0.05, 0.1) is 11.1 Å². The highest BCUT2D eigenvalue weighted by atomic mass is 15.1. The number of rotatable bonds is 7. The average molecular weight is 413 g/mol. The summed E-state index contributed by atoms with van der Waals surface area (Å²) in [7, 11) is 0. The zero-order valence-electron chi connectivity index (χ0n) is 18.8. The maximum Gasteiger partial charge on any atom is 0.0558 e. The zero-order chi connectivity index (χ0) is 20.7. The van der Waals surface area contributed by atoms with Crippen molar-refractivity contribution in [1.82, 2.24) is 37.2 Å². The van der Waals surface area contributed by atoms with Crippen molar-refractivity contribution in [2.45, 2.75) is 50.1 Å². The molecule has 0 spiro atoms. The van der Waals surface area contributed by atoms with Crippen molar-refractivity contribution in [3.63, 3.8) is 0 Å². The lowest BCUT2D eigenvalue weighted by atomic mass is 9.97. The molecule has 0 unspecified atom stereocenters. The van der Waals surface area contributed by atoms with Crippen LogP contribution in [0.5, 0.6) is 0 Å². The molecule has 0 aromatic heterocycles. The second-order valence-electron chi connectivity index (χ2n) is 9.04. The normalized spacial score (nSPS) is 31.2. The van der Waals surface area contributed by atoms with Gasteiger partial charge in [0.25, 0.3) is 0 Å². The molecular formula is C21H48N8. The largest absolute Gasteiger partial charge is 0.322 e. The van der Waals surface area contributed by atoms with Crippen LogP contribution in [0.1, 0.15) is 39.0 Å². The molecule has 0 aliphatic carbocycles. The Morgan fingerprint density at radius 1 is 0.621 bits per heavy atom. The lowest BCUT2D eigenvalue weighted by Gasteiger charge is -2.37. The van der Waals surface area contributed by atoms with Crippen molar-refractivity contribution in [1.29, 1.82) is 0 Å². The van der Waals surface area contributed by atoms with E-state index in [1.807, 2.05) is 0 Å². The standard InChI is InChI=1S/C21H48N8/c1-2-3-4-5-6-7-29-21-17-26-11-8-23-14-20(22,15-24-9-12-27-18-21)16-25-10-13-28-19-21/h23-29H,2-19,22H2,1H3. The maximum atomic E-state index is 6.66. The molecule has 0 amide bonds. The number of fused-ring (bicyclic) bond motifs is 15. The summed E-state index contributed by atoms with van der Waals surface area (Å²) in [5.41, 5.74) is 6.42. The van der Waals surface area contributed by atoms with Crippen molar-refractivity contribution in [2.24, 2.45) is 5.73 Å². The molecule has 3 aliphatic heterocycles. The number of nitrogens with two attached hydrogens (primary N) is 1. The predicted molar refractivity (Wildman–Crippen MR) is 124 cm³/mol. The van der Waals surface area contributed by atoms with Crippen LogP contribution in [-0.4, -0.2) is 96.2 Å². The van der Waals surface area contributed by atoms with E-state index in [0.717, 1.165) is 85.1 Å². The first-order chi connectivity index (χ1) is 14.2. The van der Waals surface area contributed by atoms with Crippen molar-refractivity contribution in [2.75, 3.05) is 85.1 Å². The van der Waals surface area contributed by atoms with Gasteiger partial charge in [-0.05, 0) is 13.0 Å². The van der Waals surface area contributed by atoms with Crippen LogP contribution in [0.15, 0.2) is 0 Å². The highest BCUT2D eigenvalue weighted by Crippen LogP contribution is 2.06. The lowest BCUT2D eigenvalue weighted by molar-refractivity contribution is 0.269. The third kappa shape index (κ3) is 10.5. The monoisotopic (exact) mass is 412 g/mol. The van der Waals surface area contributed by atoms with Crippen molar-refractivity contribution < 1.29 is 0 Å². The second-order valence-corrected chi connectivity index (χ2v) is 9.04. The molecule has 3 saturated heterocycles. The Labute approximate surface area is 178 Å². The molecule has 172 valence electrons. The topological polar surface area (TPSA) is 110 Å². The van der Waals surface area contributed by atoms with Crippen LogP contribution in [0, 0.1) is 0 Å². The molecule has 0 aromatic rings. The molecule has 0 aromatic carbocycles. The van der Waals surface area contributed by atoms with Gasteiger partial charge >= 0.3 is 0 Å². The van der Waals surface area contributed by atoms with Crippen LogP contribution in [0.3, 0.4) is 0 Å².